The van der Waals surface area contributed by atoms with Gasteiger partial charge >= 0.3 is 0 Å². The van der Waals surface area contributed by atoms with E-state index in [1.54, 1.807) is 23.9 Å². The van der Waals surface area contributed by atoms with Gasteiger partial charge in [0.25, 0.3) is 0 Å². The maximum absolute atomic E-state index is 12.4. The van der Waals surface area contributed by atoms with Crippen LogP contribution in [0.2, 0.25) is 0 Å². The second-order valence-corrected chi connectivity index (χ2v) is 8.32. The normalized spacial score (nSPS) is 11.7. The molecule has 0 heterocycles. The SMILES string of the molecule is O=S(=O)(NCCSCc1ccccc1)c1ccc2ccccc2c1. The van der Waals surface area contributed by atoms with E-state index in [0.29, 0.717) is 11.4 Å². The number of hydrogen-bond donors (Lipinski definition) is 1. The maximum atomic E-state index is 12.4. The molecule has 0 aliphatic rings. The third-order valence-corrected chi connectivity index (χ3v) is 6.17. The molecule has 124 valence electrons. The summed E-state index contributed by atoms with van der Waals surface area (Å²) in [5.41, 5.74) is 1.25. The Morgan fingerprint density at radius 1 is 0.833 bits per heavy atom. The topological polar surface area (TPSA) is 46.2 Å². The van der Waals surface area contributed by atoms with Crippen molar-refractivity contribution in [3.05, 3.63) is 78.4 Å². The number of rotatable bonds is 7. The van der Waals surface area contributed by atoms with Gasteiger partial charge in [-0.3, -0.25) is 0 Å². The molecule has 0 aliphatic heterocycles. The van der Waals surface area contributed by atoms with Crippen LogP contribution < -0.4 is 4.72 Å². The molecule has 0 unspecified atom stereocenters. The zero-order valence-electron chi connectivity index (χ0n) is 13.2. The lowest BCUT2D eigenvalue weighted by molar-refractivity contribution is 0.584. The quantitative estimate of drug-likeness (QED) is 0.649. The van der Waals surface area contributed by atoms with Gasteiger partial charge in [0.05, 0.1) is 4.90 Å². The molecule has 3 rings (SSSR count). The predicted octanol–water partition coefficient (Wildman–Crippen LogP) is 4.05. The summed E-state index contributed by atoms with van der Waals surface area (Å²) in [5.74, 6) is 1.63. The monoisotopic (exact) mass is 357 g/mol. The number of fused-ring (bicyclic) bond motifs is 1. The van der Waals surface area contributed by atoms with Gasteiger partial charge in [-0.05, 0) is 28.5 Å². The molecule has 0 aliphatic carbocycles. The van der Waals surface area contributed by atoms with Gasteiger partial charge in [0.2, 0.25) is 10.0 Å². The van der Waals surface area contributed by atoms with Crippen molar-refractivity contribution in [1.82, 2.24) is 4.72 Å². The first-order chi connectivity index (χ1) is 11.6. The zero-order chi connectivity index (χ0) is 16.8. The van der Waals surface area contributed by atoms with Crippen LogP contribution in [-0.4, -0.2) is 20.7 Å². The van der Waals surface area contributed by atoms with E-state index in [1.807, 2.05) is 48.5 Å². The molecule has 0 saturated carbocycles. The highest BCUT2D eigenvalue weighted by Gasteiger charge is 2.13. The lowest BCUT2D eigenvalue weighted by Gasteiger charge is -2.08. The van der Waals surface area contributed by atoms with Crippen molar-refractivity contribution in [2.45, 2.75) is 10.6 Å². The van der Waals surface area contributed by atoms with Gasteiger partial charge in [0, 0.05) is 18.1 Å². The summed E-state index contributed by atoms with van der Waals surface area (Å²) in [5, 5.41) is 1.97. The summed E-state index contributed by atoms with van der Waals surface area (Å²) in [6.45, 7) is 0.423. The van der Waals surface area contributed by atoms with Crippen molar-refractivity contribution in [2.24, 2.45) is 0 Å². The highest BCUT2D eigenvalue weighted by Crippen LogP contribution is 2.19. The molecule has 0 bridgehead atoms. The zero-order valence-corrected chi connectivity index (χ0v) is 14.8. The molecular formula is C19H19NO2S2. The molecule has 0 atom stereocenters. The Morgan fingerprint density at radius 2 is 1.54 bits per heavy atom. The predicted molar refractivity (Wildman–Crippen MR) is 102 cm³/mol. The Labute approximate surface area is 147 Å². The van der Waals surface area contributed by atoms with Crippen molar-refractivity contribution < 1.29 is 8.42 Å². The molecule has 5 heteroatoms. The summed E-state index contributed by atoms with van der Waals surface area (Å²) in [7, 11) is -3.46. The highest BCUT2D eigenvalue weighted by molar-refractivity contribution is 7.98. The Hall–Kier alpha value is -1.82. The molecule has 0 aromatic heterocycles. The van der Waals surface area contributed by atoms with Crippen LogP contribution in [0.3, 0.4) is 0 Å². The molecule has 0 saturated heterocycles. The summed E-state index contributed by atoms with van der Waals surface area (Å²) in [6, 6.07) is 23.1. The standard InChI is InChI=1S/C19H19NO2S2/c21-24(22,19-11-10-17-8-4-5-9-18(17)14-19)20-12-13-23-15-16-6-2-1-3-7-16/h1-11,14,20H,12-13,15H2. The average molecular weight is 358 g/mol. The fraction of sp³-hybridized carbons (Fsp3) is 0.158. The molecule has 0 fully saturated rings. The second-order valence-electron chi connectivity index (χ2n) is 5.44. The lowest BCUT2D eigenvalue weighted by atomic mass is 10.1. The van der Waals surface area contributed by atoms with Gasteiger partial charge in [-0.25, -0.2) is 13.1 Å². The first-order valence-corrected chi connectivity index (χ1v) is 10.4. The third kappa shape index (κ3) is 4.38. The van der Waals surface area contributed by atoms with Crippen molar-refractivity contribution in [3.8, 4) is 0 Å². The molecule has 0 radical (unpaired) electrons. The van der Waals surface area contributed by atoms with Gasteiger partial charge in [0.15, 0.2) is 0 Å². The van der Waals surface area contributed by atoms with Gasteiger partial charge in [-0.2, -0.15) is 11.8 Å². The second kappa shape index (κ2) is 7.83. The Bertz CT molecular complexity index is 909. The number of sulfonamides is 1. The van der Waals surface area contributed by atoms with E-state index in [2.05, 4.69) is 16.9 Å². The molecule has 3 aromatic rings. The van der Waals surface area contributed by atoms with Crippen LogP contribution in [0, 0.1) is 0 Å². The van der Waals surface area contributed by atoms with Crippen LogP contribution in [-0.2, 0) is 15.8 Å². The van der Waals surface area contributed by atoms with E-state index in [9.17, 15) is 8.42 Å². The largest absolute Gasteiger partial charge is 0.240 e. The van der Waals surface area contributed by atoms with Gasteiger partial charge in [0.1, 0.15) is 0 Å². The summed E-state index contributed by atoms with van der Waals surface area (Å²) in [6.07, 6.45) is 0. The highest BCUT2D eigenvalue weighted by atomic mass is 32.2. The summed E-state index contributed by atoms with van der Waals surface area (Å²) in [4.78, 5) is 0.314. The van der Waals surface area contributed by atoms with Gasteiger partial charge in [-0.1, -0.05) is 60.7 Å². The number of nitrogens with one attached hydrogen (secondary N) is 1. The van der Waals surface area contributed by atoms with Crippen LogP contribution in [0.25, 0.3) is 10.8 Å². The molecule has 0 spiro atoms. The Morgan fingerprint density at radius 3 is 2.33 bits per heavy atom. The molecule has 24 heavy (non-hydrogen) atoms. The minimum Gasteiger partial charge on any atom is -0.210 e. The van der Waals surface area contributed by atoms with E-state index in [0.717, 1.165) is 22.3 Å². The van der Waals surface area contributed by atoms with Crippen LogP contribution >= 0.6 is 11.8 Å². The smallest absolute Gasteiger partial charge is 0.210 e. The van der Waals surface area contributed by atoms with Gasteiger partial charge < -0.3 is 0 Å². The van der Waals surface area contributed by atoms with Crippen molar-refractivity contribution in [1.29, 1.82) is 0 Å². The fourth-order valence-corrected chi connectivity index (χ4v) is 4.45. The minimum absolute atomic E-state index is 0.314. The van der Waals surface area contributed by atoms with E-state index in [4.69, 9.17) is 0 Å². The number of benzene rings is 3. The first kappa shape index (κ1) is 17.0. The van der Waals surface area contributed by atoms with Crippen LogP contribution in [0.5, 0.6) is 0 Å². The maximum Gasteiger partial charge on any atom is 0.240 e. The molecule has 0 amide bonds. The summed E-state index contributed by atoms with van der Waals surface area (Å²) < 4.78 is 27.5. The van der Waals surface area contributed by atoms with Gasteiger partial charge in [-0.15, -0.1) is 0 Å². The molecule has 3 nitrogen and oxygen atoms in total. The van der Waals surface area contributed by atoms with E-state index in [1.165, 1.54) is 5.56 Å². The van der Waals surface area contributed by atoms with Crippen molar-refractivity contribution >= 4 is 32.6 Å². The number of thioether (sulfide) groups is 1. The third-order valence-electron chi connectivity index (χ3n) is 3.68. The van der Waals surface area contributed by atoms with Crippen LogP contribution in [0.1, 0.15) is 5.56 Å². The minimum atomic E-state index is -3.46. The molecule has 1 N–H and O–H groups in total. The Kier molecular flexibility index (Phi) is 5.56. The van der Waals surface area contributed by atoms with Crippen molar-refractivity contribution in [2.75, 3.05) is 12.3 Å². The molecular weight excluding hydrogens is 338 g/mol. The van der Waals surface area contributed by atoms with Crippen molar-refractivity contribution in [3.63, 3.8) is 0 Å². The van der Waals surface area contributed by atoms with E-state index in [-0.39, 0.29) is 0 Å². The van der Waals surface area contributed by atoms with Crippen LogP contribution in [0.15, 0.2) is 77.7 Å². The molecule has 3 aromatic carbocycles. The average Bonchev–Trinajstić information content (AvgIpc) is 2.62. The first-order valence-electron chi connectivity index (χ1n) is 7.75. The summed E-state index contributed by atoms with van der Waals surface area (Å²) >= 11 is 1.72. The fourth-order valence-electron chi connectivity index (χ4n) is 2.43. The Balaban J connectivity index is 1.55. The van der Waals surface area contributed by atoms with E-state index >= 15 is 0 Å². The lowest BCUT2D eigenvalue weighted by Crippen LogP contribution is -2.26. The number of hydrogen-bond acceptors (Lipinski definition) is 3. The van der Waals surface area contributed by atoms with E-state index < -0.39 is 10.0 Å². The van der Waals surface area contributed by atoms with Crippen LogP contribution in [0.4, 0.5) is 0 Å².